The zero-order valence-electron chi connectivity index (χ0n) is 24.5. The fourth-order valence-corrected chi connectivity index (χ4v) is 5.38. The molecule has 0 bridgehead atoms. The number of nitrogens with two attached hydrogens (primary N) is 1. The summed E-state index contributed by atoms with van der Waals surface area (Å²) in [4.78, 5) is 41.8. The summed E-state index contributed by atoms with van der Waals surface area (Å²) in [5.41, 5.74) is 7.85. The average molecular weight is 584 g/mol. The highest BCUT2D eigenvalue weighted by Crippen LogP contribution is 2.32. The molecule has 2 heterocycles. The Balaban J connectivity index is 1.65. The summed E-state index contributed by atoms with van der Waals surface area (Å²) < 4.78 is 14.7. The Morgan fingerprint density at radius 2 is 1.70 bits per heavy atom. The van der Waals surface area contributed by atoms with Gasteiger partial charge in [-0.05, 0) is 35.7 Å². The lowest BCUT2D eigenvalue weighted by Crippen LogP contribution is -2.47. The number of para-hydroxylation sites is 2. The van der Waals surface area contributed by atoms with Gasteiger partial charge < -0.3 is 25.4 Å². The average Bonchev–Trinajstić information content (AvgIpc) is 3.31. The second-order valence-electron chi connectivity index (χ2n) is 10.7. The number of methoxy groups -OCH3 is 1. The second kappa shape index (κ2) is 13.4. The Morgan fingerprint density at radius 1 is 0.977 bits per heavy atom. The number of imidazole rings is 1. The summed E-state index contributed by atoms with van der Waals surface area (Å²) >= 11 is 0. The number of nitrogens with zero attached hydrogens (tertiary/aromatic N) is 3. The molecule has 224 valence electrons. The van der Waals surface area contributed by atoms with Crippen molar-refractivity contribution in [3.8, 4) is 28.4 Å². The number of carbonyl (C=O) groups is 2. The van der Waals surface area contributed by atoms with E-state index >= 15 is 0 Å². The number of rotatable bonds is 11. The van der Waals surface area contributed by atoms with Crippen molar-refractivity contribution in [3.05, 3.63) is 101 Å². The molecule has 1 fully saturated rings. The molecule has 0 spiro atoms. The minimum Gasteiger partial charge on any atom is -0.495 e. The molecule has 1 unspecified atom stereocenters. The highest BCUT2D eigenvalue weighted by atomic mass is 16.5. The monoisotopic (exact) mass is 583 g/mol. The summed E-state index contributed by atoms with van der Waals surface area (Å²) in [6.07, 6.45) is 0.227. The number of ether oxygens (including phenoxy) is 2. The first-order valence-electron chi connectivity index (χ1n) is 14.4. The molecule has 5 rings (SSSR count). The number of aromatic nitrogens is 2. The number of hydrogen-bond donors (Lipinski definition) is 2. The smallest absolute Gasteiger partial charge is 0.334 e. The minimum absolute atomic E-state index is 0.0460. The third kappa shape index (κ3) is 6.65. The third-order valence-corrected chi connectivity index (χ3v) is 7.44. The second-order valence-corrected chi connectivity index (χ2v) is 10.7. The van der Waals surface area contributed by atoms with Gasteiger partial charge in [0.25, 0.3) is 5.91 Å². The topological polar surface area (TPSA) is 121 Å². The molecule has 1 aliphatic rings. The maximum absolute atomic E-state index is 14.5. The van der Waals surface area contributed by atoms with Gasteiger partial charge in [0, 0.05) is 38.2 Å². The molecule has 1 saturated heterocycles. The van der Waals surface area contributed by atoms with Gasteiger partial charge in [-0.25, -0.2) is 4.79 Å². The van der Waals surface area contributed by atoms with E-state index in [1.807, 2.05) is 79.7 Å². The van der Waals surface area contributed by atoms with Gasteiger partial charge >= 0.3 is 5.69 Å². The quantitative estimate of drug-likeness (QED) is 0.280. The van der Waals surface area contributed by atoms with Crippen LogP contribution in [0.5, 0.6) is 11.5 Å². The lowest BCUT2D eigenvalue weighted by atomic mass is 10.1. The van der Waals surface area contributed by atoms with E-state index in [2.05, 4.69) is 5.32 Å². The summed E-state index contributed by atoms with van der Waals surface area (Å²) in [7, 11) is 1.56. The van der Waals surface area contributed by atoms with Crippen LogP contribution in [0.25, 0.3) is 16.9 Å². The van der Waals surface area contributed by atoms with Crippen LogP contribution in [0.4, 0.5) is 0 Å². The van der Waals surface area contributed by atoms with Crippen molar-refractivity contribution in [2.24, 2.45) is 11.7 Å². The molecule has 10 nitrogen and oxygen atoms in total. The lowest BCUT2D eigenvalue weighted by molar-refractivity contribution is -0.119. The Hall–Kier alpha value is -4.83. The van der Waals surface area contributed by atoms with E-state index < -0.39 is 0 Å². The molecule has 1 aliphatic heterocycles. The molecule has 1 aromatic heterocycles. The van der Waals surface area contributed by atoms with Gasteiger partial charge in [-0.2, -0.15) is 0 Å². The first-order valence-corrected chi connectivity index (χ1v) is 14.4. The number of hydrogen-bond acceptors (Lipinski definition) is 6. The van der Waals surface area contributed by atoms with Crippen molar-refractivity contribution in [2.45, 2.75) is 19.9 Å². The van der Waals surface area contributed by atoms with Gasteiger partial charge in [-0.3, -0.25) is 18.7 Å². The van der Waals surface area contributed by atoms with Crippen LogP contribution in [0.1, 0.15) is 29.4 Å². The van der Waals surface area contributed by atoms with E-state index in [9.17, 15) is 14.4 Å². The Morgan fingerprint density at radius 3 is 2.42 bits per heavy atom. The Bertz CT molecular complexity index is 1640. The molecule has 0 aliphatic carbocycles. The van der Waals surface area contributed by atoms with Gasteiger partial charge in [-0.15, -0.1) is 0 Å². The SMILES string of the molecule is COc1ccccc1-n1c(-c2ccccc2)c(C(=O)N2CCNCC2)n(Cc2cccc(OCC(C)CC(N)=O)c2)c1=O. The Kier molecular flexibility index (Phi) is 9.26. The number of benzene rings is 3. The normalized spacial score (nSPS) is 13.9. The highest BCUT2D eigenvalue weighted by Gasteiger charge is 2.31. The van der Waals surface area contributed by atoms with Crippen molar-refractivity contribution in [2.75, 3.05) is 39.9 Å². The van der Waals surface area contributed by atoms with E-state index in [4.69, 9.17) is 15.2 Å². The minimum atomic E-state index is -0.375. The molecule has 3 N–H and O–H groups in total. The first-order chi connectivity index (χ1) is 20.9. The van der Waals surface area contributed by atoms with Crippen LogP contribution in [0.2, 0.25) is 0 Å². The maximum atomic E-state index is 14.5. The molecule has 43 heavy (non-hydrogen) atoms. The number of amides is 2. The Labute approximate surface area is 250 Å². The summed E-state index contributed by atoms with van der Waals surface area (Å²) in [6, 6.07) is 24.2. The molecule has 2 amide bonds. The fourth-order valence-electron chi connectivity index (χ4n) is 5.38. The van der Waals surface area contributed by atoms with Crippen molar-refractivity contribution in [1.82, 2.24) is 19.4 Å². The van der Waals surface area contributed by atoms with E-state index in [1.165, 1.54) is 0 Å². The van der Waals surface area contributed by atoms with E-state index in [0.717, 1.165) is 11.1 Å². The van der Waals surface area contributed by atoms with Crippen molar-refractivity contribution < 1.29 is 19.1 Å². The maximum Gasteiger partial charge on any atom is 0.334 e. The number of nitrogens with one attached hydrogen (secondary N) is 1. The first kappa shape index (κ1) is 29.7. The van der Waals surface area contributed by atoms with Crippen LogP contribution < -0.4 is 26.2 Å². The number of carbonyl (C=O) groups excluding carboxylic acids is 2. The zero-order valence-corrected chi connectivity index (χ0v) is 24.5. The van der Waals surface area contributed by atoms with Gasteiger partial charge in [0.05, 0.1) is 31.6 Å². The standard InChI is InChI=1S/C33H37N5O5/c1-23(19-29(34)39)22-43-26-12-8-9-24(20-26)21-37-31(32(40)36-17-15-35-16-18-36)30(25-10-4-3-5-11-25)38(33(37)41)27-13-6-7-14-28(27)42-2/h3-14,20,23,35H,15-19,21-22H2,1-2H3,(H2,34,39). The van der Waals surface area contributed by atoms with E-state index in [-0.39, 0.29) is 36.4 Å². The molecule has 3 aromatic carbocycles. The number of piperazine rings is 1. The van der Waals surface area contributed by atoms with Gasteiger partial charge in [0.2, 0.25) is 5.91 Å². The molecule has 1 atom stereocenters. The fraction of sp³-hybridized carbons (Fsp3) is 0.303. The predicted molar refractivity (Wildman–Crippen MR) is 165 cm³/mol. The number of primary amides is 1. The summed E-state index contributed by atoms with van der Waals surface area (Å²) in [5, 5.41) is 3.29. The van der Waals surface area contributed by atoms with Crippen molar-refractivity contribution in [3.63, 3.8) is 0 Å². The molecule has 0 saturated carbocycles. The third-order valence-electron chi connectivity index (χ3n) is 7.44. The molecule has 0 radical (unpaired) electrons. The molecule has 10 heteroatoms. The molecular formula is C33H37N5O5. The van der Waals surface area contributed by atoms with Crippen LogP contribution >= 0.6 is 0 Å². The van der Waals surface area contributed by atoms with E-state index in [0.29, 0.717) is 61.4 Å². The van der Waals surface area contributed by atoms with Crippen LogP contribution in [0.3, 0.4) is 0 Å². The van der Waals surface area contributed by atoms with Gasteiger partial charge in [0.1, 0.15) is 17.2 Å². The van der Waals surface area contributed by atoms with Gasteiger partial charge in [-0.1, -0.05) is 61.5 Å². The summed E-state index contributed by atoms with van der Waals surface area (Å²) in [5.74, 6) is 0.485. The zero-order chi connectivity index (χ0) is 30.3. The van der Waals surface area contributed by atoms with Crippen LogP contribution in [-0.4, -0.2) is 65.7 Å². The molecular weight excluding hydrogens is 546 g/mol. The van der Waals surface area contributed by atoms with Crippen LogP contribution in [0.15, 0.2) is 83.7 Å². The molecule has 4 aromatic rings. The van der Waals surface area contributed by atoms with Crippen molar-refractivity contribution in [1.29, 1.82) is 0 Å². The van der Waals surface area contributed by atoms with E-state index in [1.54, 1.807) is 27.2 Å². The lowest BCUT2D eigenvalue weighted by Gasteiger charge is -2.28. The van der Waals surface area contributed by atoms with Crippen LogP contribution in [0, 0.1) is 5.92 Å². The highest BCUT2D eigenvalue weighted by molar-refractivity contribution is 5.99. The van der Waals surface area contributed by atoms with Crippen molar-refractivity contribution >= 4 is 11.8 Å². The predicted octanol–water partition coefficient (Wildman–Crippen LogP) is 3.30. The summed E-state index contributed by atoms with van der Waals surface area (Å²) in [6.45, 7) is 4.79. The largest absolute Gasteiger partial charge is 0.495 e. The van der Waals surface area contributed by atoms with Gasteiger partial charge in [0.15, 0.2) is 0 Å². The van der Waals surface area contributed by atoms with Crippen LogP contribution in [-0.2, 0) is 11.3 Å².